The Morgan fingerprint density at radius 1 is 1.33 bits per heavy atom. The number of rotatable bonds is 3. The van der Waals surface area contributed by atoms with Gasteiger partial charge in [-0.25, -0.2) is 4.98 Å². The van der Waals surface area contributed by atoms with Crippen LogP contribution in [0, 0.1) is 6.92 Å². The molecular weight excluding hydrogens is 230 g/mol. The fourth-order valence-corrected chi connectivity index (χ4v) is 1.99. The standard InChI is InChI=1S/C13H17N3O2/c1-10-5-4-6-11(15-10)13(18)14-9-12(17)16-7-2-3-8-16/h4-6H,2-3,7-9H2,1H3,(H,14,18). The van der Waals surface area contributed by atoms with E-state index in [1.54, 1.807) is 17.0 Å². The highest BCUT2D eigenvalue weighted by molar-refractivity contribution is 5.94. The van der Waals surface area contributed by atoms with E-state index in [2.05, 4.69) is 10.3 Å². The van der Waals surface area contributed by atoms with Crippen molar-refractivity contribution in [2.75, 3.05) is 19.6 Å². The number of hydrogen-bond acceptors (Lipinski definition) is 3. The van der Waals surface area contributed by atoms with Crippen molar-refractivity contribution in [3.8, 4) is 0 Å². The molecule has 96 valence electrons. The molecule has 0 saturated carbocycles. The van der Waals surface area contributed by atoms with Crippen LogP contribution in [0.5, 0.6) is 0 Å². The maximum atomic E-state index is 11.8. The zero-order valence-corrected chi connectivity index (χ0v) is 10.5. The first-order valence-electron chi connectivity index (χ1n) is 6.16. The number of nitrogens with one attached hydrogen (secondary N) is 1. The van der Waals surface area contributed by atoms with Gasteiger partial charge in [0, 0.05) is 18.8 Å². The molecule has 1 saturated heterocycles. The van der Waals surface area contributed by atoms with E-state index in [1.165, 1.54) is 0 Å². The van der Waals surface area contributed by atoms with E-state index in [1.807, 2.05) is 13.0 Å². The van der Waals surface area contributed by atoms with Gasteiger partial charge in [0.2, 0.25) is 5.91 Å². The van der Waals surface area contributed by atoms with E-state index in [0.29, 0.717) is 5.69 Å². The molecular formula is C13H17N3O2. The van der Waals surface area contributed by atoms with Gasteiger partial charge in [0.05, 0.1) is 6.54 Å². The van der Waals surface area contributed by atoms with E-state index in [0.717, 1.165) is 31.6 Å². The van der Waals surface area contributed by atoms with Crippen LogP contribution in [-0.2, 0) is 4.79 Å². The van der Waals surface area contributed by atoms with Gasteiger partial charge < -0.3 is 10.2 Å². The molecule has 0 aromatic carbocycles. The molecule has 2 heterocycles. The van der Waals surface area contributed by atoms with Gasteiger partial charge in [0.25, 0.3) is 5.91 Å². The number of aromatic nitrogens is 1. The van der Waals surface area contributed by atoms with Crippen LogP contribution in [0.2, 0.25) is 0 Å². The molecule has 2 rings (SSSR count). The van der Waals surface area contributed by atoms with Gasteiger partial charge in [0.15, 0.2) is 0 Å². The van der Waals surface area contributed by atoms with Crippen molar-refractivity contribution in [3.05, 3.63) is 29.6 Å². The third kappa shape index (κ3) is 3.06. The summed E-state index contributed by atoms with van der Waals surface area (Å²) in [4.78, 5) is 29.4. The van der Waals surface area contributed by atoms with Gasteiger partial charge >= 0.3 is 0 Å². The van der Waals surface area contributed by atoms with Crippen molar-refractivity contribution < 1.29 is 9.59 Å². The number of likely N-dealkylation sites (tertiary alicyclic amines) is 1. The number of amides is 2. The second kappa shape index (κ2) is 5.62. The summed E-state index contributed by atoms with van der Waals surface area (Å²) in [6.45, 7) is 3.48. The molecule has 0 aliphatic carbocycles. The summed E-state index contributed by atoms with van der Waals surface area (Å²) < 4.78 is 0. The Morgan fingerprint density at radius 2 is 2.06 bits per heavy atom. The van der Waals surface area contributed by atoms with Gasteiger partial charge in [-0.3, -0.25) is 9.59 Å². The van der Waals surface area contributed by atoms with Crippen LogP contribution >= 0.6 is 0 Å². The highest BCUT2D eigenvalue weighted by Gasteiger charge is 2.18. The molecule has 1 fully saturated rings. The molecule has 1 aromatic rings. The summed E-state index contributed by atoms with van der Waals surface area (Å²) in [6.07, 6.45) is 2.11. The number of carbonyl (C=O) groups is 2. The topological polar surface area (TPSA) is 62.3 Å². The molecule has 1 aliphatic heterocycles. The summed E-state index contributed by atoms with van der Waals surface area (Å²) in [5, 5.41) is 2.61. The fraction of sp³-hybridized carbons (Fsp3) is 0.462. The Kier molecular flexibility index (Phi) is 3.92. The lowest BCUT2D eigenvalue weighted by Gasteiger charge is -2.15. The highest BCUT2D eigenvalue weighted by atomic mass is 16.2. The van der Waals surface area contributed by atoms with Crippen LogP contribution in [0.3, 0.4) is 0 Å². The average Bonchev–Trinajstić information content (AvgIpc) is 2.89. The maximum absolute atomic E-state index is 11.8. The molecule has 1 aromatic heterocycles. The van der Waals surface area contributed by atoms with E-state index in [4.69, 9.17) is 0 Å². The first-order valence-corrected chi connectivity index (χ1v) is 6.16. The van der Waals surface area contributed by atoms with Crippen LogP contribution in [0.1, 0.15) is 29.0 Å². The Bertz CT molecular complexity index is 453. The van der Waals surface area contributed by atoms with Crippen LogP contribution < -0.4 is 5.32 Å². The number of hydrogen-bond donors (Lipinski definition) is 1. The first-order chi connectivity index (χ1) is 8.66. The second-order valence-electron chi connectivity index (χ2n) is 4.43. The molecule has 0 unspecified atom stereocenters. The zero-order valence-electron chi connectivity index (χ0n) is 10.5. The smallest absolute Gasteiger partial charge is 0.270 e. The van der Waals surface area contributed by atoms with E-state index < -0.39 is 0 Å². The van der Waals surface area contributed by atoms with Crippen LogP contribution in [0.4, 0.5) is 0 Å². The summed E-state index contributed by atoms with van der Waals surface area (Å²) >= 11 is 0. The maximum Gasteiger partial charge on any atom is 0.270 e. The normalized spacial score (nSPS) is 14.6. The minimum atomic E-state index is -0.300. The van der Waals surface area contributed by atoms with E-state index >= 15 is 0 Å². The van der Waals surface area contributed by atoms with Crippen LogP contribution in [0.25, 0.3) is 0 Å². The monoisotopic (exact) mass is 247 g/mol. The highest BCUT2D eigenvalue weighted by Crippen LogP contribution is 2.06. The Morgan fingerprint density at radius 3 is 2.72 bits per heavy atom. The van der Waals surface area contributed by atoms with Crippen molar-refractivity contribution in [3.63, 3.8) is 0 Å². The predicted octanol–water partition coefficient (Wildman–Crippen LogP) is 0.742. The SMILES string of the molecule is Cc1cccc(C(=O)NCC(=O)N2CCCC2)n1. The van der Waals surface area contributed by atoms with E-state index in [-0.39, 0.29) is 18.4 Å². The van der Waals surface area contributed by atoms with E-state index in [9.17, 15) is 9.59 Å². The largest absolute Gasteiger partial charge is 0.342 e. The molecule has 1 N–H and O–H groups in total. The second-order valence-corrected chi connectivity index (χ2v) is 4.43. The van der Waals surface area contributed by atoms with Crippen molar-refractivity contribution in [2.45, 2.75) is 19.8 Å². The quantitative estimate of drug-likeness (QED) is 0.857. The predicted molar refractivity (Wildman–Crippen MR) is 67.1 cm³/mol. The summed E-state index contributed by atoms with van der Waals surface area (Å²) in [5.41, 5.74) is 1.14. The molecule has 18 heavy (non-hydrogen) atoms. The van der Waals surface area contributed by atoms with Gasteiger partial charge in [-0.15, -0.1) is 0 Å². The zero-order chi connectivity index (χ0) is 13.0. The lowest BCUT2D eigenvalue weighted by molar-refractivity contribution is -0.129. The lowest BCUT2D eigenvalue weighted by Crippen LogP contribution is -2.38. The summed E-state index contributed by atoms with van der Waals surface area (Å²) in [7, 11) is 0. The molecule has 2 amide bonds. The third-order valence-corrected chi connectivity index (χ3v) is 2.98. The van der Waals surface area contributed by atoms with Gasteiger partial charge in [0.1, 0.15) is 5.69 Å². The minimum Gasteiger partial charge on any atom is -0.342 e. The van der Waals surface area contributed by atoms with Gasteiger partial charge in [-0.2, -0.15) is 0 Å². The summed E-state index contributed by atoms with van der Waals surface area (Å²) in [5.74, 6) is -0.320. The van der Waals surface area contributed by atoms with Crippen LogP contribution in [0.15, 0.2) is 18.2 Å². The molecule has 0 radical (unpaired) electrons. The number of carbonyl (C=O) groups excluding carboxylic acids is 2. The first kappa shape index (κ1) is 12.5. The number of aryl methyl sites for hydroxylation is 1. The minimum absolute atomic E-state index is 0.0199. The van der Waals surface area contributed by atoms with Gasteiger partial charge in [-0.1, -0.05) is 6.07 Å². The molecule has 5 heteroatoms. The molecule has 5 nitrogen and oxygen atoms in total. The van der Waals surface area contributed by atoms with Crippen molar-refractivity contribution in [1.82, 2.24) is 15.2 Å². The number of pyridine rings is 1. The third-order valence-electron chi connectivity index (χ3n) is 2.98. The molecule has 0 bridgehead atoms. The van der Waals surface area contributed by atoms with Crippen molar-refractivity contribution in [1.29, 1.82) is 0 Å². The number of nitrogens with zero attached hydrogens (tertiary/aromatic N) is 2. The molecule has 0 atom stereocenters. The average molecular weight is 247 g/mol. The van der Waals surface area contributed by atoms with Crippen molar-refractivity contribution >= 4 is 11.8 Å². The van der Waals surface area contributed by atoms with Crippen LogP contribution in [-0.4, -0.2) is 41.3 Å². The fourth-order valence-electron chi connectivity index (χ4n) is 1.99. The van der Waals surface area contributed by atoms with Crippen molar-refractivity contribution in [2.24, 2.45) is 0 Å². The Balaban J connectivity index is 1.86. The summed E-state index contributed by atoms with van der Waals surface area (Å²) in [6, 6.07) is 5.24. The Labute approximate surface area is 106 Å². The van der Waals surface area contributed by atoms with Gasteiger partial charge in [-0.05, 0) is 31.9 Å². The lowest BCUT2D eigenvalue weighted by atomic mass is 10.3. The molecule has 0 spiro atoms. The molecule has 1 aliphatic rings. The Hall–Kier alpha value is -1.91.